The molecule has 0 saturated carbocycles. The van der Waals surface area contributed by atoms with Crippen molar-refractivity contribution >= 4 is 34.5 Å². The predicted octanol–water partition coefficient (Wildman–Crippen LogP) is 5.03. The third-order valence-corrected chi connectivity index (χ3v) is 4.31. The Balaban J connectivity index is 1.91. The van der Waals surface area contributed by atoms with Gasteiger partial charge in [0, 0.05) is 10.6 Å². The average Bonchev–Trinajstić information content (AvgIpc) is 3.01. The molecule has 5 heteroatoms. The van der Waals surface area contributed by atoms with Gasteiger partial charge >= 0.3 is 0 Å². The van der Waals surface area contributed by atoms with Crippen LogP contribution in [0.1, 0.15) is 9.67 Å². The topological polar surface area (TPSA) is 49.3 Å². The smallest absolute Gasteiger partial charge is 0.266 e. The van der Waals surface area contributed by atoms with Crippen molar-refractivity contribution in [2.75, 3.05) is 5.32 Å². The average molecular weight is 330 g/mol. The normalized spacial score (nSPS) is 10.4. The number of benzene rings is 2. The lowest BCUT2D eigenvalue weighted by Crippen LogP contribution is -2.11. The second kappa shape index (κ2) is 6.22. The first-order chi connectivity index (χ1) is 10.6. The minimum atomic E-state index is -0.272. The maximum Gasteiger partial charge on any atom is 0.266 e. The van der Waals surface area contributed by atoms with Crippen molar-refractivity contribution in [3.05, 3.63) is 69.9 Å². The molecular formula is C17H12ClNO2S. The predicted molar refractivity (Wildman–Crippen MR) is 90.8 cm³/mol. The van der Waals surface area contributed by atoms with E-state index in [1.165, 1.54) is 23.5 Å². The number of phenols is 1. The van der Waals surface area contributed by atoms with Gasteiger partial charge in [-0.2, -0.15) is 0 Å². The van der Waals surface area contributed by atoms with Crippen LogP contribution >= 0.6 is 22.9 Å². The molecule has 1 aromatic heterocycles. The Labute approximate surface area is 136 Å². The van der Waals surface area contributed by atoms with Gasteiger partial charge in [0.2, 0.25) is 0 Å². The first-order valence-electron chi connectivity index (χ1n) is 6.58. The summed E-state index contributed by atoms with van der Waals surface area (Å²) in [5, 5.41) is 14.8. The highest BCUT2D eigenvalue weighted by Crippen LogP contribution is 2.31. The Morgan fingerprint density at radius 3 is 2.64 bits per heavy atom. The number of rotatable bonds is 3. The van der Waals surface area contributed by atoms with Crippen molar-refractivity contribution < 1.29 is 9.90 Å². The fourth-order valence-corrected chi connectivity index (χ4v) is 3.10. The second-order valence-corrected chi connectivity index (χ2v) is 6.00. The van der Waals surface area contributed by atoms with Gasteiger partial charge in [0.1, 0.15) is 5.75 Å². The number of phenolic OH excluding ortho intramolecular Hbond substituents is 1. The molecule has 1 heterocycles. The molecule has 22 heavy (non-hydrogen) atoms. The van der Waals surface area contributed by atoms with E-state index in [0.717, 1.165) is 11.1 Å². The van der Waals surface area contributed by atoms with E-state index in [1.807, 2.05) is 41.8 Å². The van der Waals surface area contributed by atoms with Gasteiger partial charge in [0.15, 0.2) is 0 Å². The van der Waals surface area contributed by atoms with Crippen LogP contribution in [0.25, 0.3) is 11.1 Å². The first kappa shape index (κ1) is 14.6. The summed E-state index contributed by atoms with van der Waals surface area (Å²) < 4.78 is 0. The highest BCUT2D eigenvalue weighted by molar-refractivity contribution is 7.12. The molecule has 1 amide bonds. The fourth-order valence-electron chi connectivity index (χ4n) is 2.12. The monoisotopic (exact) mass is 329 g/mol. The van der Waals surface area contributed by atoms with Gasteiger partial charge < -0.3 is 10.4 Å². The van der Waals surface area contributed by atoms with Gasteiger partial charge in [0.05, 0.1) is 10.6 Å². The molecule has 0 unspecified atom stereocenters. The number of halogens is 1. The van der Waals surface area contributed by atoms with Crippen molar-refractivity contribution in [3.8, 4) is 16.9 Å². The largest absolute Gasteiger partial charge is 0.506 e. The molecule has 0 spiro atoms. The standard InChI is InChI=1S/C17H12ClNO2S/c18-12-6-7-15(20)14(10-12)19-17(21)16-13(8-9-22-16)11-4-2-1-3-5-11/h1-10,20H,(H,19,21). The highest BCUT2D eigenvalue weighted by Gasteiger charge is 2.16. The van der Waals surface area contributed by atoms with Gasteiger partial charge in [-0.1, -0.05) is 41.9 Å². The molecule has 3 rings (SSSR count). The van der Waals surface area contributed by atoms with E-state index in [1.54, 1.807) is 6.07 Å². The molecule has 0 aliphatic heterocycles. The van der Waals surface area contributed by atoms with Gasteiger partial charge in [0.25, 0.3) is 5.91 Å². The number of thiophene rings is 1. The van der Waals surface area contributed by atoms with Crippen molar-refractivity contribution in [3.63, 3.8) is 0 Å². The van der Waals surface area contributed by atoms with Gasteiger partial charge in [-0.25, -0.2) is 0 Å². The molecular weight excluding hydrogens is 318 g/mol. The van der Waals surface area contributed by atoms with Gasteiger partial charge in [-0.3, -0.25) is 4.79 Å². The molecule has 3 aromatic rings. The second-order valence-electron chi connectivity index (χ2n) is 4.65. The van der Waals surface area contributed by atoms with Crippen LogP contribution < -0.4 is 5.32 Å². The van der Waals surface area contributed by atoms with E-state index in [-0.39, 0.29) is 11.7 Å². The van der Waals surface area contributed by atoms with Crippen LogP contribution in [-0.2, 0) is 0 Å². The summed E-state index contributed by atoms with van der Waals surface area (Å²) in [5.41, 5.74) is 2.14. The van der Waals surface area contributed by atoms with Crippen LogP contribution in [0.3, 0.4) is 0 Å². The fraction of sp³-hybridized carbons (Fsp3) is 0. The molecule has 0 radical (unpaired) electrons. The van der Waals surface area contributed by atoms with E-state index in [2.05, 4.69) is 5.32 Å². The molecule has 0 atom stereocenters. The van der Waals surface area contributed by atoms with Crippen LogP contribution in [0.2, 0.25) is 5.02 Å². The number of carbonyl (C=O) groups is 1. The molecule has 0 fully saturated rings. The number of nitrogens with one attached hydrogen (secondary N) is 1. The molecule has 0 aliphatic rings. The highest BCUT2D eigenvalue weighted by atomic mass is 35.5. The number of hydrogen-bond acceptors (Lipinski definition) is 3. The Morgan fingerprint density at radius 1 is 1.09 bits per heavy atom. The SMILES string of the molecule is O=C(Nc1cc(Cl)ccc1O)c1sccc1-c1ccccc1. The number of anilines is 1. The summed E-state index contributed by atoms with van der Waals surface area (Å²) in [7, 11) is 0. The van der Waals surface area contributed by atoms with Crippen LogP contribution in [0.4, 0.5) is 5.69 Å². The summed E-state index contributed by atoms with van der Waals surface area (Å²) in [5.74, 6) is -0.290. The van der Waals surface area contributed by atoms with Crippen molar-refractivity contribution in [2.45, 2.75) is 0 Å². The summed E-state index contributed by atoms with van der Waals surface area (Å²) in [6.45, 7) is 0. The van der Waals surface area contributed by atoms with Crippen molar-refractivity contribution in [1.29, 1.82) is 0 Å². The molecule has 110 valence electrons. The lowest BCUT2D eigenvalue weighted by atomic mass is 10.1. The van der Waals surface area contributed by atoms with Crippen LogP contribution in [0, 0.1) is 0 Å². The van der Waals surface area contributed by atoms with E-state index >= 15 is 0 Å². The van der Waals surface area contributed by atoms with Crippen LogP contribution in [0.5, 0.6) is 5.75 Å². The zero-order valence-corrected chi connectivity index (χ0v) is 13.0. The van der Waals surface area contributed by atoms with Crippen molar-refractivity contribution in [2.24, 2.45) is 0 Å². The molecule has 2 aromatic carbocycles. The third kappa shape index (κ3) is 2.98. The van der Waals surface area contributed by atoms with Gasteiger partial charge in [-0.15, -0.1) is 11.3 Å². The number of carbonyl (C=O) groups excluding carboxylic acids is 1. The van der Waals surface area contributed by atoms with E-state index in [4.69, 9.17) is 11.6 Å². The Morgan fingerprint density at radius 2 is 1.86 bits per heavy atom. The first-order valence-corrected chi connectivity index (χ1v) is 7.83. The molecule has 0 aliphatic carbocycles. The zero-order chi connectivity index (χ0) is 15.5. The summed E-state index contributed by atoms with van der Waals surface area (Å²) >= 11 is 7.25. The summed E-state index contributed by atoms with van der Waals surface area (Å²) in [6, 6.07) is 16.1. The quantitative estimate of drug-likeness (QED) is 0.662. The van der Waals surface area contributed by atoms with E-state index in [9.17, 15) is 9.90 Å². The van der Waals surface area contributed by atoms with E-state index in [0.29, 0.717) is 15.6 Å². The Kier molecular flexibility index (Phi) is 4.13. The molecule has 2 N–H and O–H groups in total. The molecule has 0 saturated heterocycles. The minimum Gasteiger partial charge on any atom is -0.506 e. The minimum absolute atomic E-state index is 0.0180. The number of hydrogen-bond donors (Lipinski definition) is 2. The Bertz CT molecular complexity index is 815. The lowest BCUT2D eigenvalue weighted by molar-refractivity contribution is 0.103. The van der Waals surface area contributed by atoms with Crippen molar-refractivity contribution in [1.82, 2.24) is 0 Å². The molecule has 0 bridgehead atoms. The number of amides is 1. The maximum atomic E-state index is 12.5. The Hall–Kier alpha value is -2.30. The van der Waals surface area contributed by atoms with Crippen LogP contribution in [-0.4, -0.2) is 11.0 Å². The molecule has 3 nitrogen and oxygen atoms in total. The van der Waals surface area contributed by atoms with E-state index < -0.39 is 0 Å². The summed E-state index contributed by atoms with van der Waals surface area (Å²) in [4.78, 5) is 13.1. The summed E-state index contributed by atoms with van der Waals surface area (Å²) in [6.07, 6.45) is 0. The van der Waals surface area contributed by atoms with Gasteiger partial charge in [-0.05, 0) is 35.2 Å². The zero-order valence-electron chi connectivity index (χ0n) is 11.4. The number of aromatic hydroxyl groups is 1. The maximum absolute atomic E-state index is 12.5. The van der Waals surface area contributed by atoms with Crippen LogP contribution in [0.15, 0.2) is 60.0 Å². The lowest BCUT2D eigenvalue weighted by Gasteiger charge is -2.08. The third-order valence-electron chi connectivity index (χ3n) is 3.16.